The smallest absolute Gasteiger partial charge is 0.338 e. The van der Waals surface area contributed by atoms with E-state index in [2.05, 4.69) is 13.2 Å². The van der Waals surface area contributed by atoms with Gasteiger partial charge in [-0.2, -0.15) is 0 Å². The minimum Gasteiger partial charge on any atom is -0.459 e. The van der Waals surface area contributed by atoms with Gasteiger partial charge in [0.2, 0.25) is 0 Å². The Labute approximate surface area is 205 Å². The fourth-order valence-corrected chi connectivity index (χ4v) is 2.96. The van der Waals surface area contributed by atoms with Crippen LogP contribution in [0.1, 0.15) is 13.8 Å². The van der Waals surface area contributed by atoms with E-state index in [0.717, 1.165) is 30.7 Å². The van der Waals surface area contributed by atoms with Gasteiger partial charge in [-0.1, -0.05) is 31.4 Å². The molecule has 8 heteroatoms. The number of rotatable bonds is 8. The summed E-state index contributed by atoms with van der Waals surface area (Å²) in [6, 6.07) is 11.6. The molecule has 0 aromatic heterocycles. The number of halogens is 3. The Balaban J connectivity index is 1.77. The third-order valence-corrected chi connectivity index (χ3v) is 4.80. The lowest BCUT2D eigenvalue weighted by Crippen LogP contribution is -2.08. The van der Waals surface area contributed by atoms with E-state index in [1.807, 2.05) is 0 Å². The Hall–Kier alpha value is -4.59. The number of hydrogen-bond acceptors (Lipinski definition) is 5. The summed E-state index contributed by atoms with van der Waals surface area (Å²) in [5.41, 5.74) is 0.985. The minimum atomic E-state index is -0.780. The highest BCUT2D eigenvalue weighted by Crippen LogP contribution is 2.32. The highest BCUT2D eigenvalue weighted by molar-refractivity contribution is 5.89. The maximum Gasteiger partial charge on any atom is 0.338 e. The quantitative estimate of drug-likeness (QED) is 0.148. The molecule has 0 radical (unpaired) electrons. The molecule has 3 aromatic carbocycles. The molecular weight excluding hydrogens is 473 g/mol. The van der Waals surface area contributed by atoms with E-state index in [1.165, 1.54) is 50.2 Å². The first-order valence-corrected chi connectivity index (χ1v) is 10.5. The minimum absolute atomic E-state index is 0.0112. The van der Waals surface area contributed by atoms with E-state index in [4.69, 9.17) is 14.2 Å². The number of carbonyl (C=O) groups is 2. The van der Waals surface area contributed by atoms with Crippen LogP contribution in [0.25, 0.3) is 22.3 Å². The van der Waals surface area contributed by atoms with Crippen molar-refractivity contribution >= 4 is 11.9 Å². The maximum absolute atomic E-state index is 14.9. The van der Waals surface area contributed by atoms with Crippen molar-refractivity contribution in [3.05, 3.63) is 109 Å². The first-order valence-electron chi connectivity index (χ1n) is 10.5. The van der Waals surface area contributed by atoms with Crippen molar-refractivity contribution in [3.63, 3.8) is 0 Å². The lowest BCUT2D eigenvalue weighted by atomic mass is 9.99. The van der Waals surface area contributed by atoms with Crippen molar-refractivity contribution in [1.82, 2.24) is 0 Å². The van der Waals surface area contributed by atoms with Gasteiger partial charge in [-0.15, -0.1) is 0 Å². The predicted octanol–water partition coefficient (Wildman–Crippen LogP) is 6.89. The number of hydrogen-bond donors (Lipinski definition) is 0. The normalized spacial score (nSPS) is 10.7. The van der Waals surface area contributed by atoms with Gasteiger partial charge in [-0.3, -0.25) is 0 Å². The fraction of sp³-hybridized carbons (Fsp3) is 0.0714. The summed E-state index contributed by atoms with van der Waals surface area (Å²) < 4.78 is 58.7. The molecule has 0 saturated carbocycles. The molecule has 5 nitrogen and oxygen atoms in total. The van der Waals surface area contributed by atoms with E-state index >= 15 is 0 Å². The van der Waals surface area contributed by atoms with Crippen molar-refractivity contribution in [2.24, 2.45) is 0 Å². The molecule has 0 aliphatic carbocycles. The van der Waals surface area contributed by atoms with E-state index in [0.29, 0.717) is 0 Å². The van der Waals surface area contributed by atoms with Gasteiger partial charge in [-0.25, -0.2) is 22.8 Å². The van der Waals surface area contributed by atoms with Crippen LogP contribution in [0.4, 0.5) is 13.2 Å². The SMILES string of the molecule is C=C(C)C(=O)OC=COc1ccc(-c2ccc(-c3ccc(OC(=O)C(=C)C)cc3F)cc2F)cc1F. The van der Waals surface area contributed by atoms with Crippen LogP contribution >= 0.6 is 0 Å². The van der Waals surface area contributed by atoms with Crippen molar-refractivity contribution < 1.29 is 37.0 Å². The lowest BCUT2D eigenvalue weighted by molar-refractivity contribution is -0.133. The molecule has 0 saturated heterocycles. The largest absolute Gasteiger partial charge is 0.459 e. The zero-order valence-corrected chi connectivity index (χ0v) is 19.4. The third kappa shape index (κ3) is 6.29. The second-order valence-electron chi connectivity index (χ2n) is 7.73. The zero-order valence-electron chi connectivity index (χ0n) is 19.4. The summed E-state index contributed by atoms with van der Waals surface area (Å²) in [7, 11) is 0. The van der Waals surface area contributed by atoms with Crippen molar-refractivity contribution in [1.29, 1.82) is 0 Å². The maximum atomic E-state index is 14.9. The van der Waals surface area contributed by atoms with E-state index in [9.17, 15) is 22.8 Å². The Morgan fingerprint density at radius 1 is 0.722 bits per heavy atom. The van der Waals surface area contributed by atoms with Crippen LogP contribution in [0.2, 0.25) is 0 Å². The average molecular weight is 494 g/mol. The van der Waals surface area contributed by atoms with Crippen molar-refractivity contribution in [3.8, 4) is 33.8 Å². The number of benzene rings is 3. The molecule has 0 fully saturated rings. The molecule has 0 aliphatic heterocycles. The average Bonchev–Trinajstić information content (AvgIpc) is 2.82. The number of ether oxygens (including phenoxy) is 3. The molecule has 0 bridgehead atoms. The summed E-state index contributed by atoms with van der Waals surface area (Å²) in [5.74, 6) is -3.74. The summed E-state index contributed by atoms with van der Waals surface area (Å²) in [5, 5.41) is 0. The topological polar surface area (TPSA) is 61.8 Å². The van der Waals surface area contributed by atoms with Crippen LogP contribution in [0.5, 0.6) is 11.5 Å². The molecule has 184 valence electrons. The monoisotopic (exact) mass is 494 g/mol. The molecular formula is C28H21F3O5. The van der Waals surface area contributed by atoms with Crippen molar-refractivity contribution in [2.75, 3.05) is 0 Å². The molecule has 0 atom stereocenters. The van der Waals surface area contributed by atoms with E-state index < -0.39 is 29.4 Å². The van der Waals surface area contributed by atoms with Crippen LogP contribution in [-0.4, -0.2) is 11.9 Å². The fourth-order valence-electron chi connectivity index (χ4n) is 2.96. The summed E-state index contributed by atoms with van der Waals surface area (Å²) >= 11 is 0. The van der Waals surface area contributed by atoms with Crippen LogP contribution < -0.4 is 9.47 Å². The highest BCUT2D eigenvalue weighted by atomic mass is 19.1. The Kier molecular flexibility index (Phi) is 8.11. The Morgan fingerprint density at radius 3 is 1.83 bits per heavy atom. The van der Waals surface area contributed by atoms with E-state index in [-0.39, 0.29) is 44.9 Å². The second kappa shape index (κ2) is 11.2. The van der Waals surface area contributed by atoms with Crippen LogP contribution in [0.3, 0.4) is 0 Å². The second-order valence-corrected chi connectivity index (χ2v) is 7.73. The molecule has 0 unspecified atom stereocenters. The molecule has 3 aromatic rings. The van der Waals surface area contributed by atoms with Gasteiger partial charge in [-0.05, 0) is 55.3 Å². The van der Waals surface area contributed by atoms with Gasteiger partial charge in [0.15, 0.2) is 11.6 Å². The molecule has 36 heavy (non-hydrogen) atoms. The lowest BCUT2D eigenvalue weighted by Gasteiger charge is -2.10. The van der Waals surface area contributed by atoms with Gasteiger partial charge in [0.25, 0.3) is 0 Å². The van der Waals surface area contributed by atoms with Gasteiger partial charge in [0, 0.05) is 28.3 Å². The van der Waals surface area contributed by atoms with Gasteiger partial charge >= 0.3 is 11.9 Å². The van der Waals surface area contributed by atoms with Crippen molar-refractivity contribution in [2.45, 2.75) is 13.8 Å². The third-order valence-electron chi connectivity index (χ3n) is 4.80. The van der Waals surface area contributed by atoms with Gasteiger partial charge < -0.3 is 14.2 Å². The zero-order chi connectivity index (χ0) is 26.4. The molecule has 0 amide bonds. The predicted molar refractivity (Wildman–Crippen MR) is 128 cm³/mol. The molecule has 3 rings (SSSR count). The van der Waals surface area contributed by atoms with Crippen LogP contribution in [0, 0.1) is 17.5 Å². The van der Waals surface area contributed by atoms with E-state index in [1.54, 1.807) is 0 Å². The summed E-state index contributed by atoms with van der Waals surface area (Å²) in [4.78, 5) is 22.9. The molecule has 0 heterocycles. The molecule has 0 aliphatic rings. The van der Waals surface area contributed by atoms with Crippen LogP contribution in [0.15, 0.2) is 91.4 Å². The van der Waals surface area contributed by atoms with Crippen LogP contribution in [-0.2, 0) is 14.3 Å². The number of carbonyl (C=O) groups excluding carboxylic acids is 2. The highest BCUT2D eigenvalue weighted by Gasteiger charge is 2.14. The molecule has 0 N–H and O–H groups in total. The molecule has 0 spiro atoms. The standard InChI is InChI=1S/C28H21F3O5/c1-16(2)27(32)35-12-11-34-26-10-6-19(14-25(26)31)21-8-5-18(13-23(21)29)22-9-7-20(15-24(22)30)36-28(33)17(3)4/h5-15H,1,3H2,2,4H3. The summed E-state index contributed by atoms with van der Waals surface area (Å²) in [6.07, 6.45) is 1.92. The first kappa shape index (κ1) is 26.0. The first-order chi connectivity index (χ1) is 17.1. The Bertz CT molecular complexity index is 1390. The van der Waals surface area contributed by atoms with Gasteiger partial charge in [0.1, 0.15) is 29.9 Å². The summed E-state index contributed by atoms with van der Waals surface area (Å²) in [6.45, 7) is 9.81. The Morgan fingerprint density at radius 2 is 1.28 bits per heavy atom. The van der Waals surface area contributed by atoms with Gasteiger partial charge in [0.05, 0.1) is 0 Å². The number of esters is 2.